The number of hydrogen-bond donors (Lipinski definition) is 0. The first kappa shape index (κ1) is 81.2. The summed E-state index contributed by atoms with van der Waals surface area (Å²) in [5, 5.41) is 27.9. The molecule has 0 atom stereocenters. The average Bonchev–Trinajstić information content (AvgIpc) is 3.42. The zero-order valence-electron chi connectivity index (χ0n) is 47.8. The van der Waals surface area contributed by atoms with Crippen molar-refractivity contribution in [2.75, 3.05) is 65.4 Å². The molecule has 0 aliphatic heterocycles. The Morgan fingerprint density at radius 2 is 0.444 bits per heavy atom. The summed E-state index contributed by atoms with van der Waals surface area (Å²) in [4.78, 5) is 0. The van der Waals surface area contributed by atoms with E-state index in [1.54, 1.807) is 36.4 Å². The molecule has 0 radical (unpaired) electrons. The van der Waals surface area contributed by atoms with Gasteiger partial charge in [-0.1, -0.05) is 224 Å². The van der Waals surface area contributed by atoms with E-state index in [-0.39, 0.29) is 102 Å². The molecule has 19 heteroatoms. The third-order valence-electron chi connectivity index (χ3n) is 13.2. The third kappa shape index (κ3) is 29.9. The zero-order valence-corrected chi connectivity index (χ0v) is 54.5. The Labute approximate surface area is 551 Å². The van der Waals surface area contributed by atoms with Crippen LogP contribution in [0.2, 0.25) is 0 Å². The number of quaternary nitrogens is 1. The molecule has 6 aromatic carbocycles. The smallest absolute Gasteiger partial charge is 0.700 e. The van der Waals surface area contributed by atoms with Crippen LogP contribution in [0.15, 0.2) is 146 Å². The van der Waals surface area contributed by atoms with Crippen LogP contribution < -0.4 is 0 Å². The minimum atomic E-state index is -0.410. The molecule has 446 valence electrons. The monoisotopic (exact) mass is 1350 g/mol. The van der Waals surface area contributed by atoms with Crippen molar-refractivity contribution >= 4 is 68.2 Å². The molecule has 0 unspecified atom stereocenters. The van der Waals surface area contributed by atoms with E-state index in [0.29, 0.717) is 108 Å². The normalized spacial score (nSPS) is 10.4. The van der Waals surface area contributed by atoms with Gasteiger partial charge in [0.15, 0.2) is 0 Å². The summed E-state index contributed by atoms with van der Waals surface area (Å²) < 4.78 is 1.42. The molecular formula is C62H84Fe6N13-. The van der Waals surface area contributed by atoms with Gasteiger partial charge in [-0.2, -0.15) is 68.2 Å². The summed E-state index contributed by atoms with van der Waals surface area (Å²) in [6.07, 6.45) is 11.1. The molecule has 0 spiro atoms. The van der Waals surface area contributed by atoms with Crippen molar-refractivity contribution in [2.24, 2.45) is 10.8 Å². The van der Waals surface area contributed by atoms with E-state index in [2.05, 4.69) is 73.4 Å². The van der Waals surface area contributed by atoms with E-state index >= 15 is 0 Å². The summed E-state index contributed by atoms with van der Waals surface area (Å²) in [7, 11) is 0. The summed E-state index contributed by atoms with van der Waals surface area (Å²) in [5.74, 6) is 0. The van der Waals surface area contributed by atoms with E-state index in [0.717, 1.165) is 0 Å². The SMILES string of the molecule is CC(C[N-]c1ccccc1[NH-])(C[N-]c1ccccc1[NH-])C[N-]c1ccccc1[NH-].CC(C[N-]c1ccccc1[NH-])(C[N-]c1ccccc1[NH-])C[N-]c1ccccc1[NH-].CCCC[N+](CCCC)(CCCC)CCCC.[Fe+2].[Fe+2].[Fe+2].[Fe+2].[Fe+2].[Fe]. The molecule has 13 nitrogen and oxygen atoms in total. The minimum Gasteiger partial charge on any atom is -0.700 e. The zero-order chi connectivity index (χ0) is 54.4. The van der Waals surface area contributed by atoms with Crippen LogP contribution in [-0.4, -0.2) is 69.9 Å². The number of unbranched alkanes of at least 4 members (excludes halogenated alkanes) is 4. The minimum absolute atomic E-state index is 0. The third-order valence-corrected chi connectivity index (χ3v) is 13.2. The Balaban J connectivity index is -0.00000112. The topological polar surface area (TPSA) is 227 Å². The Hall–Kier alpha value is -4.00. The first-order chi connectivity index (χ1) is 36.2. The first-order valence-corrected chi connectivity index (χ1v) is 26.9. The van der Waals surface area contributed by atoms with Crippen molar-refractivity contribution in [1.82, 2.24) is 0 Å². The van der Waals surface area contributed by atoms with E-state index < -0.39 is 10.8 Å². The number of nitrogens with zero attached hydrogens (tertiary/aromatic N) is 7. The fourth-order valence-corrected chi connectivity index (χ4v) is 8.27. The maximum Gasteiger partial charge on any atom is 2.00 e. The van der Waals surface area contributed by atoms with E-state index in [4.69, 9.17) is 34.4 Å². The largest absolute Gasteiger partial charge is 2.00 e. The second-order valence-electron chi connectivity index (χ2n) is 20.3. The van der Waals surface area contributed by atoms with Gasteiger partial charge in [-0.05, 0) is 25.7 Å². The molecule has 0 saturated heterocycles. The Morgan fingerprint density at radius 3 is 0.580 bits per heavy atom. The molecule has 6 aromatic rings. The van der Waals surface area contributed by atoms with E-state index in [1.165, 1.54) is 82.0 Å². The van der Waals surface area contributed by atoms with Crippen molar-refractivity contribution < 1.29 is 107 Å². The van der Waals surface area contributed by atoms with Crippen LogP contribution in [0.1, 0.15) is 92.9 Å². The first-order valence-electron chi connectivity index (χ1n) is 26.9. The van der Waals surface area contributed by atoms with Crippen LogP contribution in [0.25, 0.3) is 66.3 Å². The van der Waals surface area contributed by atoms with Crippen LogP contribution in [0, 0.1) is 10.8 Å². The summed E-state index contributed by atoms with van der Waals surface area (Å²) in [6, 6.07) is 43.4. The standard InChI is InChI=1S/2C23H24N6.C16H36N.6Fe/c2*1-23(14-27-20-11-5-2-8-17(20)24,15-28-21-12-6-3-9-18(21)25)16-29-22-13-7-4-10-19(22)26;1-5-9-13-17(14-10-6-2,15-11-7-3)16-12-8-4;;;;;;/h2*2-13,24-26H,14-16H2,1H3;5-16H2,1-4H3;;;;;;/q2*-6;+1;;5*+2. The predicted octanol–water partition coefficient (Wildman–Crippen LogP) is 23.3. The van der Waals surface area contributed by atoms with Gasteiger partial charge in [0.25, 0.3) is 0 Å². The molecule has 0 amide bonds. The predicted molar refractivity (Wildman–Crippen MR) is 325 cm³/mol. The van der Waals surface area contributed by atoms with Gasteiger partial charge >= 0.3 is 85.3 Å². The van der Waals surface area contributed by atoms with Gasteiger partial charge in [0.2, 0.25) is 0 Å². The summed E-state index contributed by atoms with van der Waals surface area (Å²) in [5.41, 5.74) is 53.4. The van der Waals surface area contributed by atoms with Crippen LogP contribution in [0.5, 0.6) is 0 Å². The van der Waals surface area contributed by atoms with Gasteiger partial charge in [0.05, 0.1) is 26.2 Å². The van der Waals surface area contributed by atoms with E-state index in [1.807, 2.05) is 109 Å². The van der Waals surface area contributed by atoms with Crippen molar-refractivity contribution in [1.29, 1.82) is 0 Å². The molecule has 0 aromatic heterocycles. The second-order valence-corrected chi connectivity index (χ2v) is 20.3. The fourth-order valence-electron chi connectivity index (χ4n) is 8.27. The molecule has 0 fully saturated rings. The number of benzene rings is 6. The molecule has 0 aliphatic rings. The van der Waals surface area contributed by atoms with Crippen LogP contribution in [0.4, 0.5) is 68.2 Å². The number of hydrogen-bond acceptors (Lipinski definition) is 0. The quantitative estimate of drug-likeness (QED) is 0.0303. The molecule has 0 bridgehead atoms. The van der Waals surface area contributed by atoms with Gasteiger partial charge in [0, 0.05) is 17.1 Å². The molecule has 81 heavy (non-hydrogen) atoms. The van der Waals surface area contributed by atoms with E-state index in [9.17, 15) is 0 Å². The Bertz CT molecular complexity index is 2110. The molecular weight excluding hydrogens is 1260 g/mol. The van der Waals surface area contributed by atoms with Gasteiger partial charge in [-0.25, -0.2) is 0 Å². The second kappa shape index (κ2) is 44.5. The van der Waals surface area contributed by atoms with Crippen molar-refractivity contribution in [3.63, 3.8) is 0 Å². The van der Waals surface area contributed by atoms with Crippen LogP contribution in [-0.2, 0) is 102 Å². The Morgan fingerprint density at radius 1 is 0.296 bits per heavy atom. The molecule has 0 aliphatic carbocycles. The van der Waals surface area contributed by atoms with Gasteiger partial charge in [-0.3, -0.25) is 0 Å². The summed E-state index contributed by atoms with van der Waals surface area (Å²) >= 11 is 0. The molecule has 0 saturated carbocycles. The molecule has 0 heterocycles. The van der Waals surface area contributed by atoms with Crippen LogP contribution >= 0.6 is 0 Å². The maximum absolute atomic E-state index is 8.02. The maximum atomic E-state index is 8.02. The molecule has 6 N–H and O–H groups in total. The van der Waals surface area contributed by atoms with Crippen molar-refractivity contribution in [3.8, 4) is 0 Å². The van der Waals surface area contributed by atoms with Crippen LogP contribution in [0.3, 0.4) is 0 Å². The number of rotatable bonds is 30. The van der Waals surface area contributed by atoms with Crippen molar-refractivity contribution in [3.05, 3.63) is 212 Å². The number of para-hydroxylation sites is 6. The molecule has 6 rings (SSSR count). The van der Waals surface area contributed by atoms with Crippen molar-refractivity contribution in [2.45, 2.75) is 92.9 Å². The van der Waals surface area contributed by atoms with Gasteiger partial charge in [-0.15, -0.1) is 39.3 Å². The Kier molecular flexibility index (Phi) is 44.6. The number of nitrogens with one attached hydrogen (secondary N) is 6. The average molecular weight is 1350 g/mol. The van der Waals surface area contributed by atoms with Gasteiger partial charge in [0.1, 0.15) is 0 Å². The summed E-state index contributed by atoms with van der Waals surface area (Å²) in [6.45, 7) is 21.8. The van der Waals surface area contributed by atoms with Gasteiger partial charge < -0.3 is 70.8 Å². The fraction of sp³-hybridized carbons (Fsp3) is 0.419.